The Morgan fingerprint density at radius 3 is 2.89 bits per heavy atom. The number of nitrogens with one attached hydrogen (secondary N) is 1. The molecular weight excluding hydrogens is 340 g/mol. The van der Waals surface area contributed by atoms with Gasteiger partial charge >= 0.3 is 0 Å². The Morgan fingerprint density at radius 2 is 2.28 bits per heavy atom. The number of aryl methyl sites for hydroxylation is 1. The molecule has 0 bridgehead atoms. The van der Waals surface area contributed by atoms with Crippen molar-refractivity contribution in [3.05, 3.63) is 33.9 Å². The summed E-state index contributed by atoms with van der Waals surface area (Å²) in [5.41, 5.74) is 0.966. The molecule has 0 saturated heterocycles. The van der Waals surface area contributed by atoms with E-state index in [0.717, 1.165) is 15.8 Å². The maximum atomic E-state index is 11.9. The lowest BCUT2D eigenvalue weighted by molar-refractivity contribution is 0.418. The second-order valence-corrected chi connectivity index (χ2v) is 8.05. The van der Waals surface area contributed by atoms with Crippen LogP contribution in [0.4, 0.5) is 0 Å². The van der Waals surface area contributed by atoms with Crippen molar-refractivity contribution in [3.8, 4) is 0 Å². The third-order valence-electron chi connectivity index (χ3n) is 2.23. The molecule has 1 N–H and O–H groups in total. The zero-order chi connectivity index (χ0) is 13.0. The molecule has 5 nitrogen and oxygen atoms in total. The van der Waals surface area contributed by atoms with Crippen molar-refractivity contribution in [3.63, 3.8) is 0 Å². The number of nitrogens with zero attached hydrogens (tertiary/aromatic N) is 1. The number of aromatic nitrogens is 1. The summed E-state index contributed by atoms with van der Waals surface area (Å²) in [6, 6.07) is 3.30. The summed E-state index contributed by atoms with van der Waals surface area (Å²) in [5, 5.41) is 3.58. The van der Waals surface area contributed by atoms with Gasteiger partial charge < -0.3 is 4.52 Å². The van der Waals surface area contributed by atoms with Gasteiger partial charge in [-0.05, 0) is 40.9 Å². The van der Waals surface area contributed by atoms with E-state index in [0.29, 0.717) is 17.2 Å². The average Bonchev–Trinajstić information content (AvgIpc) is 2.95. The Bertz CT molecular complexity index is 592. The van der Waals surface area contributed by atoms with Crippen molar-refractivity contribution in [2.45, 2.75) is 17.1 Å². The van der Waals surface area contributed by atoms with E-state index in [2.05, 4.69) is 25.8 Å². The van der Waals surface area contributed by atoms with Crippen LogP contribution >= 0.6 is 27.3 Å². The fourth-order valence-corrected chi connectivity index (χ4v) is 4.49. The molecule has 0 fully saturated rings. The van der Waals surface area contributed by atoms with E-state index in [1.165, 1.54) is 11.3 Å². The van der Waals surface area contributed by atoms with E-state index in [-0.39, 0.29) is 0 Å². The molecule has 0 radical (unpaired) electrons. The Labute approximate surface area is 117 Å². The Balaban J connectivity index is 1.82. The lowest BCUT2D eigenvalue weighted by Gasteiger charge is -2.03. The van der Waals surface area contributed by atoms with Crippen LogP contribution < -0.4 is 4.72 Å². The summed E-state index contributed by atoms with van der Waals surface area (Å²) < 4.78 is 32.1. The first-order valence-electron chi connectivity index (χ1n) is 5.21. The predicted molar refractivity (Wildman–Crippen MR) is 72.0 cm³/mol. The molecule has 2 aromatic heterocycles. The van der Waals surface area contributed by atoms with Crippen LogP contribution in [0.25, 0.3) is 0 Å². The molecular formula is C10H11BrN2O3S2. The lowest BCUT2D eigenvalue weighted by atomic mass is 10.2. The van der Waals surface area contributed by atoms with Crippen molar-refractivity contribution >= 4 is 37.3 Å². The third kappa shape index (κ3) is 3.64. The topological polar surface area (TPSA) is 72.2 Å². The predicted octanol–water partition coefficient (Wildman–Crippen LogP) is 2.41. The second-order valence-electron chi connectivity index (χ2n) is 3.59. The average molecular weight is 351 g/mol. The molecule has 2 rings (SSSR count). The molecule has 0 amide bonds. The van der Waals surface area contributed by atoms with Crippen LogP contribution in [0.1, 0.15) is 12.0 Å². The van der Waals surface area contributed by atoms with Gasteiger partial charge in [-0.3, -0.25) is 0 Å². The van der Waals surface area contributed by atoms with Crippen LogP contribution in [0.2, 0.25) is 0 Å². The molecule has 0 atom stereocenters. The summed E-state index contributed by atoms with van der Waals surface area (Å²) in [6.07, 6.45) is 4.63. The van der Waals surface area contributed by atoms with Crippen LogP contribution in [0.3, 0.4) is 0 Å². The fourth-order valence-electron chi connectivity index (χ4n) is 1.36. The van der Waals surface area contributed by atoms with Gasteiger partial charge in [0, 0.05) is 12.1 Å². The van der Waals surface area contributed by atoms with Gasteiger partial charge in [0.05, 0.1) is 9.98 Å². The molecule has 0 aromatic carbocycles. The molecule has 18 heavy (non-hydrogen) atoms. The number of halogens is 1. The molecule has 0 unspecified atom stereocenters. The monoisotopic (exact) mass is 350 g/mol. The van der Waals surface area contributed by atoms with E-state index < -0.39 is 10.0 Å². The van der Waals surface area contributed by atoms with E-state index in [1.54, 1.807) is 24.6 Å². The quantitative estimate of drug-likeness (QED) is 0.812. The first-order chi connectivity index (χ1) is 8.58. The summed E-state index contributed by atoms with van der Waals surface area (Å²) in [4.78, 5) is 0. The zero-order valence-corrected chi connectivity index (χ0v) is 12.5. The highest BCUT2D eigenvalue weighted by atomic mass is 79.9. The molecule has 0 spiro atoms. The molecule has 0 aliphatic rings. The SMILES string of the molecule is O=S(=O)(NCCCc1cnoc1)c1ccc(Br)s1. The molecule has 0 saturated carbocycles. The molecule has 8 heteroatoms. The van der Waals surface area contributed by atoms with Crippen LogP contribution in [-0.4, -0.2) is 20.1 Å². The van der Waals surface area contributed by atoms with Gasteiger partial charge in [-0.25, -0.2) is 13.1 Å². The maximum absolute atomic E-state index is 11.9. The Hall–Kier alpha value is -0.700. The van der Waals surface area contributed by atoms with Gasteiger partial charge in [-0.15, -0.1) is 11.3 Å². The number of rotatable bonds is 6. The van der Waals surface area contributed by atoms with Gasteiger partial charge in [0.2, 0.25) is 10.0 Å². The minimum atomic E-state index is -3.38. The molecule has 0 aliphatic heterocycles. The van der Waals surface area contributed by atoms with Gasteiger partial charge in [-0.2, -0.15) is 0 Å². The minimum Gasteiger partial charge on any atom is -0.364 e. The van der Waals surface area contributed by atoms with E-state index >= 15 is 0 Å². The molecule has 0 aliphatic carbocycles. The van der Waals surface area contributed by atoms with Crippen molar-refractivity contribution in [2.24, 2.45) is 0 Å². The number of hydrogen-bond donors (Lipinski definition) is 1. The van der Waals surface area contributed by atoms with Gasteiger partial charge in [0.15, 0.2) is 0 Å². The number of sulfonamides is 1. The summed E-state index contributed by atoms with van der Waals surface area (Å²) >= 11 is 4.43. The van der Waals surface area contributed by atoms with Crippen LogP contribution in [0.5, 0.6) is 0 Å². The van der Waals surface area contributed by atoms with Gasteiger partial charge in [-0.1, -0.05) is 5.16 Å². The fraction of sp³-hybridized carbons (Fsp3) is 0.300. The van der Waals surface area contributed by atoms with Gasteiger partial charge in [0.1, 0.15) is 10.5 Å². The maximum Gasteiger partial charge on any atom is 0.250 e. The largest absolute Gasteiger partial charge is 0.364 e. The van der Waals surface area contributed by atoms with Crippen LogP contribution in [0, 0.1) is 0 Å². The second kappa shape index (κ2) is 5.96. The number of thiophene rings is 1. The summed E-state index contributed by atoms with van der Waals surface area (Å²) in [7, 11) is -3.38. The van der Waals surface area contributed by atoms with E-state index in [4.69, 9.17) is 4.52 Å². The normalized spacial score (nSPS) is 11.8. The summed E-state index contributed by atoms with van der Waals surface area (Å²) in [5.74, 6) is 0. The van der Waals surface area contributed by atoms with Crippen molar-refractivity contribution in [1.29, 1.82) is 0 Å². The standard InChI is InChI=1S/C10H11BrN2O3S2/c11-9-3-4-10(17-9)18(14,15)13-5-1-2-8-6-12-16-7-8/h3-4,6-7,13H,1-2,5H2. The highest BCUT2D eigenvalue weighted by molar-refractivity contribution is 9.11. The van der Waals surface area contributed by atoms with Crippen molar-refractivity contribution in [2.75, 3.05) is 6.54 Å². The van der Waals surface area contributed by atoms with Crippen LogP contribution in [-0.2, 0) is 16.4 Å². The highest BCUT2D eigenvalue weighted by Crippen LogP contribution is 2.25. The molecule has 2 heterocycles. The van der Waals surface area contributed by atoms with Crippen molar-refractivity contribution < 1.29 is 12.9 Å². The van der Waals surface area contributed by atoms with E-state index in [1.807, 2.05) is 0 Å². The minimum absolute atomic E-state index is 0.319. The first kappa shape index (κ1) is 13.7. The van der Waals surface area contributed by atoms with Crippen LogP contribution in [0.15, 0.2) is 37.1 Å². The lowest BCUT2D eigenvalue weighted by Crippen LogP contribution is -2.24. The summed E-state index contributed by atoms with van der Waals surface area (Å²) in [6.45, 7) is 0.392. The molecule has 98 valence electrons. The van der Waals surface area contributed by atoms with Gasteiger partial charge in [0.25, 0.3) is 0 Å². The molecule has 2 aromatic rings. The van der Waals surface area contributed by atoms with E-state index in [9.17, 15) is 8.42 Å². The Kier molecular flexibility index (Phi) is 4.55. The first-order valence-corrected chi connectivity index (χ1v) is 8.30. The smallest absolute Gasteiger partial charge is 0.250 e. The highest BCUT2D eigenvalue weighted by Gasteiger charge is 2.15. The zero-order valence-electron chi connectivity index (χ0n) is 9.30. The van der Waals surface area contributed by atoms with Crippen molar-refractivity contribution in [1.82, 2.24) is 9.88 Å². The Morgan fingerprint density at radius 1 is 1.44 bits per heavy atom. The number of hydrogen-bond acceptors (Lipinski definition) is 5. The third-order valence-corrected chi connectivity index (χ3v) is 5.81.